The average molecular weight is 622 g/mol. The highest BCUT2D eigenvalue weighted by molar-refractivity contribution is 14.1. The number of carbonyl (C=O) groups excluding carboxylic acids is 1. The van der Waals surface area contributed by atoms with Crippen molar-refractivity contribution < 1.29 is 13.9 Å². The van der Waals surface area contributed by atoms with Crippen molar-refractivity contribution in [3.8, 4) is 5.75 Å². The van der Waals surface area contributed by atoms with Crippen LogP contribution in [0.25, 0.3) is 16.5 Å². The van der Waals surface area contributed by atoms with Crippen LogP contribution in [0.15, 0.2) is 50.4 Å². The number of ether oxygens (including phenoxy) is 1. The Balaban J connectivity index is 1.60. The van der Waals surface area contributed by atoms with Gasteiger partial charge in [0.05, 0.1) is 22.4 Å². The van der Waals surface area contributed by atoms with Crippen LogP contribution in [-0.2, 0) is 0 Å². The van der Waals surface area contributed by atoms with Gasteiger partial charge in [0, 0.05) is 39.3 Å². The second-order valence-electron chi connectivity index (χ2n) is 8.45. The predicted octanol–water partition coefficient (Wildman–Crippen LogP) is 6.59. The van der Waals surface area contributed by atoms with Crippen LogP contribution in [0.5, 0.6) is 5.75 Å². The fourth-order valence-electron chi connectivity index (χ4n) is 4.38. The zero-order chi connectivity index (χ0) is 23.9. The number of hydrogen-bond donors (Lipinski definition) is 1. The van der Waals surface area contributed by atoms with E-state index < -0.39 is 5.91 Å². The van der Waals surface area contributed by atoms with Crippen molar-refractivity contribution in [2.24, 2.45) is 5.10 Å². The molecule has 1 N–H and O–H groups in total. The molecule has 0 unspecified atom stereocenters. The zero-order valence-corrected chi connectivity index (χ0v) is 22.9. The molecule has 1 aromatic heterocycles. The van der Waals surface area contributed by atoms with Gasteiger partial charge in [-0.3, -0.25) is 4.79 Å². The quantitative estimate of drug-likeness (QED) is 0.198. The van der Waals surface area contributed by atoms with Crippen LogP contribution in [0.2, 0.25) is 0 Å². The summed E-state index contributed by atoms with van der Waals surface area (Å²) >= 11 is 5.65. The molecule has 2 heterocycles. The first-order valence-electron chi connectivity index (χ1n) is 10.6. The summed E-state index contributed by atoms with van der Waals surface area (Å²) in [5.41, 5.74) is 7.39. The number of benzene rings is 2. The first-order valence-corrected chi connectivity index (χ1v) is 12.4. The van der Waals surface area contributed by atoms with Gasteiger partial charge < -0.3 is 14.1 Å². The van der Waals surface area contributed by atoms with Gasteiger partial charge in [-0.15, -0.1) is 0 Å². The lowest BCUT2D eigenvalue weighted by atomic mass is 9.88. The van der Waals surface area contributed by atoms with E-state index in [1.807, 2.05) is 18.2 Å². The summed E-state index contributed by atoms with van der Waals surface area (Å²) in [5.74, 6) is 0.482. The molecule has 8 heteroatoms. The minimum atomic E-state index is -0.415. The fourth-order valence-corrected chi connectivity index (χ4v) is 6.04. The van der Waals surface area contributed by atoms with Gasteiger partial charge in [-0.1, -0.05) is 22.0 Å². The van der Waals surface area contributed by atoms with Crippen molar-refractivity contribution in [1.29, 1.82) is 0 Å². The van der Waals surface area contributed by atoms with Gasteiger partial charge in [0.25, 0.3) is 0 Å². The Hall–Kier alpha value is -2.33. The van der Waals surface area contributed by atoms with E-state index in [1.165, 1.54) is 5.57 Å². The summed E-state index contributed by atoms with van der Waals surface area (Å²) < 4.78 is 13.2. The highest BCUT2D eigenvalue weighted by Gasteiger charge is 2.31. The van der Waals surface area contributed by atoms with Crippen molar-refractivity contribution in [1.82, 2.24) is 5.43 Å². The molecule has 172 valence electrons. The summed E-state index contributed by atoms with van der Waals surface area (Å²) in [6, 6.07) is 9.65. The number of amides is 1. The van der Waals surface area contributed by atoms with Gasteiger partial charge in [-0.25, -0.2) is 5.43 Å². The molecule has 6 nitrogen and oxygen atoms in total. The Labute approximate surface area is 215 Å². The van der Waals surface area contributed by atoms with Crippen LogP contribution < -0.4 is 15.1 Å². The number of furan rings is 1. The smallest absolute Gasteiger partial charge is 0.307 e. The number of nitrogens with one attached hydrogen (secondary N) is 1. The first-order chi connectivity index (χ1) is 15.6. The van der Waals surface area contributed by atoms with E-state index in [9.17, 15) is 4.79 Å². The second kappa shape index (κ2) is 9.13. The third kappa shape index (κ3) is 4.55. The zero-order valence-electron chi connectivity index (χ0n) is 19.1. The Morgan fingerprint density at radius 2 is 2.06 bits per heavy atom. The van der Waals surface area contributed by atoms with E-state index in [-0.39, 0.29) is 11.3 Å². The Morgan fingerprint density at radius 1 is 1.30 bits per heavy atom. The molecule has 1 aliphatic heterocycles. The lowest BCUT2D eigenvalue weighted by Gasteiger charge is -2.43. The molecule has 0 saturated heterocycles. The van der Waals surface area contributed by atoms with Crippen molar-refractivity contribution in [3.05, 3.63) is 61.3 Å². The number of rotatable bonds is 5. The first kappa shape index (κ1) is 23.8. The maximum absolute atomic E-state index is 12.6. The number of hydrogen-bond acceptors (Lipinski definition) is 5. The van der Waals surface area contributed by atoms with Crippen LogP contribution in [0.3, 0.4) is 0 Å². The molecule has 0 atom stereocenters. The number of likely N-dealkylation sites (N-methyl/N-ethyl adjacent to an activating group) is 1. The molecule has 33 heavy (non-hydrogen) atoms. The van der Waals surface area contributed by atoms with Gasteiger partial charge >= 0.3 is 5.91 Å². The molecule has 0 aliphatic carbocycles. The van der Waals surface area contributed by atoms with E-state index in [4.69, 9.17) is 9.15 Å². The maximum Gasteiger partial charge on any atom is 0.307 e. The van der Waals surface area contributed by atoms with E-state index in [0.29, 0.717) is 11.3 Å². The van der Waals surface area contributed by atoms with Crippen LogP contribution in [0.4, 0.5) is 5.69 Å². The number of hydrazone groups is 1. The molecule has 4 rings (SSSR count). The van der Waals surface area contributed by atoms with Gasteiger partial charge in [0.2, 0.25) is 0 Å². The topological polar surface area (TPSA) is 67.1 Å². The molecule has 0 bridgehead atoms. The van der Waals surface area contributed by atoms with E-state index in [1.54, 1.807) is 19.4 Å². The van der Waals surface area contributed by atoms with E-state index in [0.717, 1.165) is 36.8 Å². The summed E-state index contributed by atoms with van der Waals surface area (Å²) in [7, 11) is 1.64. The predicted molar refractivity (Wildman–Crippen MR) is 145 cm³/mol. The van der Waals surface area contributed by atoms with Crippen LogP contribution in [0.1, 0.15) is 49.4 Å². The maximum atomic E-state index is 12.6. The van der Waals surface area contributed by atoms with E-state index >= 15 is 0 Å². The summed E-state index contributed by atoms with van der Waals surface area (Å²) in [5, 5.41) is 5.02. The molecule has 3 aromatic rings. The Kier molecular flexibility index (Phi) is 6.59. The highest BCUT2D eigenvalue weighted by atomic mass is 127. The SMILES string of the molecule is CCN1c2cc(OC)c(/C=N\NC(=O)c3cc4cc(Br)cc(I)c4o3)cc2C(C)=CC1(C)C. The van der Waals surface area contributed by atoms with Gasteiger partial charge in [0.1, 0.15) is 11.3 Å². The third-order valence-corrected chi connectivity index (χ3v) is 7.03. The number of allylic oxidation sites excluding steroid dienone is 1. The van der Waals surface area contributed by atoms with E-state index in [2.05, 4.69) is 93.8 Å². The van der Waals surface area contributed by atoms with Gasteiger partial charge in [-0.2, -0.15) is 5.10 Å². The Morgan fingerprint density at radius 3 is 2.76 bits per heavy atom. The van der Waals surface area contributed by atoms with Crippen molar-refractivity contribution in [2.75, 3.05) is 18.6 Å². The third-order valence-electron chi connectivity index (χ3n) is 5.77. The molecule has 2 aromatic carbocycles. The molecular formula is C25H25BrIN3O3. The molecule has 1 aliphatic rings. The largest absolute Gasteiger partial charge is 0.496 e. The standard InChI is InChI=1S/C25H25BrIN3O3/c1-6-30-20-11-21(32-5)16(8-18(20)14(2)12-25(30,3)4)13-28-29-24(31)22-9-15-7-17(26)10-19(27)23(15)33-22/h7-13H,6H2,1-5H3,(H,29,31)/b28-13-. The number of anilines is 1. The number of methoxy groups -OCH3 is 1. The summed E-state index contributed by atoms with van der Waals surface area (Å²) in [4.78, 5) is 15.0. The molecular weight excluding hydrogens is 597 g/mol. The normalized spacial score (nSPS) is 15.0. The average Bonchev–Trinajstić information content (AvgIpc) is 3.17. The minimum absolute atomic E-state index is 0.0829. The van der Waals surface area contributed by atoms with Crippen LogP contribution in [-0.4, -0.2) is 31.3 Å². The fraction of sp³-hybridized carbons (Fsp3) is 0.280. The van der Waals surface area contributed by atoms with Crippen molar-refractivity contribution in [3.63, 3.8) is 0 Å². The number of halogens is 2. The number of nitrogens with zero attached hydrogens (tertiary/aromatic N) is 2. The van der Waals surface area contributed by atoms with Crippen molar-refractivity contribution in [2.45, 2.75) is 33.2 Å². The molecule has 0 saturated carbocycles. The summed E-state index contributed by atoms with van der Waals surface area (Å²) in [6.07, 6.45) is 3.87. The lowest BCUT2D eigenvalue weighted by Crippen LogP contribution is -2.44. The molecule has 0 fully saturated rings. The highest BCUT2D eigenvalue weighted by Crippen LogP contribution is 2.41. The second-order valence-corrected chi connectivity index (χ2v) is 10.5. The molecule has 0 spiro atoms. The van der Waals surface area contributed by atoms with Crippen LogP contribution in [0, 0.1) is 3.57 Å². The van der Waals surface area contributed by atoms with Gasteiger partial charge in [-0.05, 0) is 80.1 Å². The minimum Gasteiger partial charge on any atom is -0.496 e. The van der Waals surface area contributed by atoms with Gasteiger partial charge in [0.15, 0.2) is 5.76 Å². The molecule has 1 amide bonds. The Bertz CT molecular complexity index is 1310. The van der Waals surface area contributed by atoms with Crippen LogP contribution >= 0.6 is 38.5 Å². The van der Waals surface area contributed by atoms with Crippen molar-refractivity contribution >= 4 is 72.9 Å². The number of carbonyl (C=O) groups is 1. The summed E-state index contributed by atoms with van der Waals surface area (Å²) in [6.45, 7) is 9.55. The number of fused-ring (bicyclic) bond motifs is 2. The molecule has 0 radical (unpaired) electrons. The lowest BCUT2D eigenvalue weighted by molar-refractivity contribution is 0.0929. The monoisotopic (exact) mass is 621 g/mol.